The summed E-state index contributed by atoms with van der Waals surface area (Å²) in [6.07, 6.45) is 6.71. The van der Waals surface area contributed by atoms with Gasteiger partial charge in [-0.05, 0) is 12.5 Å². The van der Waals surface area contributed by atoms with E-state index in [9.17, 15) is 9.59 Å². The summed E-state index contributed by atoms with van der Waals surface area (Å²) in [7, 11) is 0. The van der Waals surface area contributed by atoms with Crippen LogP contribution in [0.3, 0.4) is 0 Å². The molecular formula is C12H14N4O2S2. The molecule has 0 aliphatic rings. The van der Waals surface area contributed by atoms with Gasteiger partial charge in [0.05, 0.1) is 0 Å². The van der Waals surface area contributed by atoms with Gasteiger partial charge in [0.15, 0.2) is 10.3 Å². The Hall–Kier alpha value is -1.54. The van der Waals surface area contributed by atoms with Gasteiger partial charge in [-0.2, -0.15) is 0 Å². The average Bonchev–Trinajstić information content (AvgIpc) is 2.46. The fraction of sp³-hybridized carbons (Fsp3) is 0.333. The minimum atomic E-state index is -0.119. The molecule has 0 amide bonds. The molecule has 2 aromatic rings. The third-order valence-corrected chi connectivity index (χ3v) is 4.09. The number of nitrogens with zero attached hydrogens (tertiary/aromatic N) is 4. The Labute approximate surface area is 124 Å². The van der Waals surface area contributed by atoms with Crippen molar-refractivity contribution in [2.45, 2.75) is 23.4 Å². The topological polar surface area (TPSA) is 69.8 Å². The Kier molecular flexibility index (Phi) is 5.02. The molecule has 0 radical (unpaired) electrons. The zero-order valence-electron chi connectivity index (χ0n) is 11.1. The zero-order chi connectivity index (χ0) is 14.5. The van der Waals surface area contributed by atoms with E-state index in [1.165, 1.54) is 48.1 Å². The molecule has 0 spiro atoms. The molecule has 2 rings (SSSR count). The zero-order valence-corrected chi connectivity index (χ0v) is 12.8. The Morgan fingerprint density at radius 2 is 1.30 bits per heavy atom. The molecule has 0 aromatic carbocycles. The first kappa shape index (κ1) is 14.9. The normalized spacial score (nSPS) is 10.7. The van der Waals surface area contributed by atoms with Crippen molar-refractivity contribution in [2.75, 3.05) is 12.5 Å². The van der Waals surface area contributed by atoms with Gasteiger partial charge >= 0.3 is 0 Å². The molecule has 0 atom stereocenters. The Balaban J connectivity index is 2.30. The molecule has 8 heteroatoms. The molecule has 2 heterocycles. The van der Waals surface area contributed by atoms with E-state index in [0.29, 0.717) is 23.4 Å². The predicted octanol–water partition coefficient (Wildman–Crippen LogP) is 0.944. The summed E-state index contributed by atoms with van der Waals surface area (Å²) < 4.78 is 3.13. The van der Waals surface area contributed by atoms with Crippen LogP contribution in [0.2, 0.25) is 0 Å². The van der Waals surface area contributed by atoms with E-state index in [-0.39, 0.29) is 11.1 Å². The Morgan fingerprint density at radius 1 is 0.900 bits per heavy atom. The number of thioether (sulfide) groups is 2. The van der Waals surface area contributed by atoms with E-state index in [0.717, 1.165) is 0 Å². The van der Waals surface area contributed by atoms with Gasteiger partial charge < -0.3 is 0 Å². The summed E-state index contributed by atoms with van der Waals surface area (Å²) in [6, 6.07) is 2.84. The van der Waals surface area contributed by atoms with Crippen molar-refractivity contribution in [3.8, 4) is 0 Å². The third-order valence-electron chi connectivity index (χ3n) is 2.71. The second kappa shape index (κ2) is 6.76. The lowest BCUT2D eigenvalue weighted by Gasteiger charge is -2.12. The van der Waals surface area contributed by atoms with E-state index in [4.69, 9.17) is 0 Å². The van der Waals surface area contributed by atoms with Crippen LogP contribution in [0.1, 0.15) is 0 Å². The largest absolute Gasteiger partial charge is 0.286 e. The van der Waals surface area contributed by atoms with Crippen LogP contribution in [0.4, 0.5) is 0 Å². The number of rotatable bonds is 5. The summed E-state index contributed by atoms with van der Waals surface area (Å²) in [4.78, 5) is 32.0. The van der Waals surface area contributed by atoms with Crippen LogP contribution in [0.5, 0.6) is 0 Å². The molecule has 0 aliphatic heterocycles. The molecule has 2 aromatic heterocycles. The molecule has 0 unspecified atom stereocenters. The molecular weight excluding hydrogens is 296 g/mol. The highest BCUT2D eigenvalue weighted by molar-refractivity contribution is 7.98. The van der Waals surface area contributed by atoms with E-state index in [1.807, 2.05) is 12.5 Å². The maximum Gasteiger partial charge on any atom is 0.254 e. The van der Waals surface area contributed by atoms with Crippen molar-refractivity contribution in [1.29, 1.82) is 0 Å². The number of hydrogen-bond donors (Lipinski definition) is 0. The van der Waals surface area contributed by atoms with Crippen molar-refractivity contribution in [3.05, 3.63) is 45.2 Å². The average molecular weight is 310 g/mol. The molecule has 0 bridgehead atoms. The fourth-order valence-electron chi connectivity index (χ4n) is 1.77. The first-order chi connectivity index (χ1) is 9.67. The SMILES string of the molecule is CSc1nccc(=O)n1CCn1c(SC)nccc1=O. The summed E-state index contributed by atoms with van der Waals surface area (Å²) in [5.41, 5.74) is -0.237. The van der Waals surface area contributed by atoms with Crippen LogP contribution in [-0.2, 0) is 13.1 Å². The van der Waals surface area contributed by atoms with Crippen molar-refractivity contribution in [1.82, 2.24) is 19.1 Å². The van der Waals surface area contributed by atoms with Gasteiger partial charge in [-0.25, -0.2) is 9.97 Å². The lowest BCUT2D eigenvalue weighted by molar-refractivity contribution is 0.479. The highest BCUT2D eigenvalue weighted by Gasteiger charge is 2.07. The lowest BCUT2D eigenvalue weighted by Crippen LogP contribution is -2.28. The maximum atomic E-state index is 11.9. The number of hydrogen-bond acceptors (Lipinski definition) is 6. The summed E-state index contributed by atoms with van der Waals surface area (Å²) in [5, 5.41) is 1.28. The first-order valence-corrected chi connectivity index (χ1v) is 8.32. The van der Waals surface area contributed by atoms with Gasteiger partial charge in [-0.15, -0.1) is 0 Å². The summed E-state index contributed by atoms with van der Waals surface area (Å²) in [5.74, 6) is 0. The summed E-state index contributed by atoms with van der Waals surface area (Å²) >= 11 is 2.81. The van der Waals surface area contributed by atoms with E-state index < -0.39 is 0 Å². The quantitative estimate of drug-likeness (QED) is 0.605. The van der Waals surface area contributed by atoms with E-state index in [2.05, 4.69) is 9.97 Å². The molecule has 0 fully saturated rings. The first-order valence-electron chi connectivity index (χ1n) is 5.87. The molecule has 0 saturated heterocycles. The van der Waals surface area contributed by atoms with E-state index in [1.54, 1.807) is 9.13 Å². The molecule has 106 valence electrons. The third kappa shape index (κ3) is 3.13. The van der Waals surface area contributed by atoms with Gasteiger partial charge in [0.2, 0.25) is 0 Å². The van der Waals surface area contributed by atoms with Crippen molar-refractivity contribution in [2.24, 2.45) is 0 Å². The smallest absolute Gasteiger partial charge is 0.254 e. The van der Waals surface area contributed by atoms with Crippen LogP contribution < -0.4 is 11.1 Å². The highest BCUT2D eigenvalue weighted by atomic mass is 32.2. The van der Waals surface area contributed by atoms with Crippen LogP contribution in [0, 0.1) is 0 Å². The van der Waals surface area contributed by atoms with E-state index >= 15 is 0 Å². The Morgan fingerprint density at radius 3 is 1.65 bits per heavy atom. The lowest BCUT2D eigenvalue weighted by atomic mass is 10.5. The molecule has 0 aliphatic carbocycles. The molecule has 0 N–H and O–H groups in total. The van der Waals surface area contributed by atoms with Crippen LogP contribution >= 0.6 is 23.5 Å². The minimum Gasteiger partial charge on any atom is -0.286 e. The van der Waals surface area contributed by atoms with Crippen molar-refractivity contribution < 1.29 is 0 Å². The second-order valence-corrected chi connectivity index (χ2v) is 5.39. The summed E-state index contributed by atoms with van der Waals surface area (Å²) in [6.45, 7) is 0.782. The van der Waals surface area contributed by atoms with Gasteiger partial charge in [0, 0.05) is 37.6 Å². The molecule has 6 nitrogen and oxygen atoms in total. The molecule has 0 saturated carbocycles. The fourth-order valence-corrected chi connectivity index (χ4v) is 2.91. The minimum absolute atomic E-state index is 0.119. The van der Waals surface area contributed by atoms with Gasteiger partial charge in [0.1, 0.15) is 0 Å². The van der Waals surface area contributed by atoms with Crippen LogP contribution in [0.25, 0.3) is 0 Å². The predicted molar refractivity (Wildman–Crippen MR) is 80.6 cm³/mol. The highest BCUT2D eigenvalue weighted by Crippen LogP contribution is 2.10. The standard InChI is InChI=1S/C12H14N4O2S2/c1-19-11-13-5-3-9(17)15(11)7-8-16-10(18)4-6-14-12(16)20-2/h3-6H,7-8H2,1-2H3. The monoisotopic (exact) mass is 310 g/mol. The maximum absolute atomic E-state index is 11.9. The van der Waals surface area contributed by atoms with Gasteiger partial charge in [-0.3, -0.25) is 18.7 Å². The van der Waals surface area contributed by atoms with Crippen molar-refractivity contribution >= 4 is 23.5 Å². The van der Waals surface area contributed by atoms with Crippen LogP contribution in [-0.4, -0.2) is 31.6 Å². The van der Waals surface area contributed by atoms with Gasteiger partial charge in [-0.1, -0.05) is 23.5 Å². The second-order valence-electron chi connectivity index (χ2n) is 3.84. The molecule has 20 heavy (non-hydrogen) atoms. The van der Waals surface area contributed by atoms with Crippen LogP contribution in [0.15, 0.2) is 44.4 Å². The van der Waals surface area contributed by atoms with Crippen molar-refractivity contribution in [3.63, 3.8) is 0 Å². The Bertz CT molecular complexity index is 650. The van der Waals surface area contributed by atoms with Gasteiger partial charge in [0.25, 0.3) is 11.1 Å². The number of aromatic nitrogens is 4.